The molecule has 0 radical (unpaired) electrons. The molecule has 1 unspecified atom stereocenters. The molecule has 0 spiro atoms. The van der Waals surface area contributed by atoms with E-state index in [1.807, 2.05) is 56.4 Å². The molecular formula is C22H19ClN4O. The van der Waals surface area contributed by atoms with Gasteiger partial charge in [-0.2, -0.15) is 0 Å². The van der Waals surface area contributed by atoms with Crippen molar-refractivity contribution < 1.29 is 0 Å². The molecule has 6 heteroatoms. The number of fused-ring (bicyclic) bond motifs is 1. The Balaban J connectivity index is 1.66. The average Bonchev–Trinajstić information content (AvgIpc) is 2.68. The molecule has 2 N–H and O–H groups in total. The smallest absolute Gasteiger partial charge is 0.253 e. The summed E-state index contributed by atoms with van der Waals surface area (Å²) in [6.45, 7) is 3.96. The van der Waals surface area contributed by atoms with Gasteiger partial charge in [0, 0.05) is 40.1 Å². The number of pyridine rings is 3. The van der Waals surface area contributed by atoms with Crippen LogP contribution in [-0.2, 0) is 0 Å². The molecule has 0 aliphatic heterocycles. The Morgan fingerprint density at radius 1 is 1.11 bits per heavy atom. The van der Waals surface area contributed by atoms with E-state index in [-0.39, 0.29) is 11.6 Å². The van der Waals surface area contributed by atoms with Gasteiger partial charge in [-0.05, 0) is 73.0 Å². The first-order valence-electron chi connectivity index (χ1n) is 8.97. The summed E-state index contributed by atoms with van der Waals surface area (Å²) in [6.07, 6.45) is 5.37. The van der Waals surface area contributed by atoms with E-state index in [2.05, 4.69) is 20.3 Å². The van der Waals surface area contributed by atoms with E-state index in [1.54, 1.807) is 18.5 Å². The van der Waals surface area contributed by atoms with Crippen molar-refractivity contribution in [3.8, 4) is 11.1 Å². The van der Waals surface area contributed by atoms with Crippen LogP contribution in [0, 0.1) is 6.92 Å². The summed E-state index contributed by atoms with van der Waals surface area (Å²) < 4.78 is 0. The standard InChI is InChI=1S/C22H19ClN4O/c1-13-12-24-7-6-18(13)15-5-8-25-21(11-15)26-14(2)19-10-16-9-17(23)3-4-20(16)27-22(19)28/h3-12,14H,1-2H3,(H,25,26)(H,27,28). The molecule has 0 aliphatic carbocycles. The topological polar surface area (TPSA) is 70.7 Å². The van der Waals surface area contributed by atoms with Crippen LogP contribution in [-0.4, -0.2) is 15.0 Å². The fourth-order valence-corrected chi connectivity index (χ4v) is 3.47. The highest BCUT2D eigenvalue weighted by Gasteiger charge is 2.13. The fourth-order valence-electron chi connectivity index (χ4n) is 3.29. The molecule has 0 saturated heterocycles. The van der Waals surface area contributed by atoms with Crippen LogP contribution in [0.4, 0.5) is 5.82 Å². The Hall–Kier alpha value is -3.18. The lowest BCUT2D eigenvalue weighted by Crippen LogP contribution is -2.19. The van der Waals surface area contributed by atoms with E-state index < -0.39 is 0 Å². The molecule has 0 fully saturated rings. The zero-order valence-corrected chi connectivity index (χ0v) is 16.3. The quantitative estimate of drug-likeness (QED) is 0.507. The fraction of sp³-hybridized carbons (Fsp3) is 0.136. The second kappa shape index (κ2) is 7.44. The van der Waals surface area contributed by atoms with Crippen molar-refractivity contribution in [2.45, 2.75) is 19.9 Å². The van der Waals surface area contributed by atoms with Gasteiger partial charge in [0.15, 0.2) is 0 Å². The lowest BCUT2D eigenvalue weighted by Gasteiger charge is -2.16. The molecule has 3 aromatic heterocycles. The summed E-state index contributed by atoms with van der Waals surface area (Å²) >= 11 is 6.09. The van der Waals surface area contributed by atoms with Crippen molar-refractivity contribution in [1.82, 2.24) is 15.0 Å². The summed E-state index contributed by atoms with van der Waals surface area (Å²) in [5, 5.41) is 4.85. The van der Waals surface area contributed by atoms with Gasteiger partial charge in [-0.3, -0.25) is 9.78 Å². The number of anilines is 1. The first-order valence-corrected chi connectivity index (χ1v) is 9.35. The van der Waals surface area contributed by atoms with E-state index in [4.69, 9.17) is 11.6 Å². The average molecular weight is 391 g/mol. The van der Waals surface area contributed by atoms with Crippen molar-refractivity contribution in [1.29, 1.82) is 0 Å². The minimum Gasteiger partial charge on any atom is -0.363 e. The lowest BCUT2D eigenvalue weighted by atomic mass is 10.0. The SMILES string of the molecule is Cc1cnccc1-c1ccnc(NC(C)c2cc3cc(Cl)ccc3[nH]c2=O)c1. The third kappa shape index (κ3) is 3.62. The van der Waals surface area contributed by atoms with E-state index in [0.717, 1.165) is 27.6 Å². The van der Waals surface area contributed by atoms with E-state index >= 15 is 0 Å². The van der Waals surface area contributed by atoms with Gasteiger partial charge in [0.25, 0.3) is 5.56 Å². The maximum Gasteiger partial charge on any atom is 0.253 e. The highest BCUT2D eigenvalue weighted by Crippen LogP contribution is 2.26. The van der Waals surface area contributed by atoms with Crippen molar-refractivity contribution in [2.75, 3.05) is 5.32 Å². The number of nitrogens with zero attached hydrogens (tertiary/aromatic N) is 2. The third-order valence-corrected chi connectivity index (χ3v) is 4.99. The first-order chi connectivity index (χ1) is 13.5. The maximum absolute atomic E-state index is 12.5. The van der Waals surface area contributed by atoms with Gasteiger partial charge in [0.2, 0.25) is 0 Å². The predicted octanol–water partition coefficient (Wildman–Crippen LogP) is 5.12. The number of nitrogens with one attached hydrogen (secondary N) is 2. The number of H-pyrrole nitrogens is 1. The van der Waals surface area contributed by atoms with Crippen LogP contribution in [0.1, 0.15) is 24.1 Å². The number of hydrogen-bond acceptors (Lipinski definition) is 4. The van der Waals surface area contributed by atoms with Crippen LogP contribution >= 0.6 is 11.6 Å². The lowest BCUT2D eigenvalue weighted by molar-refractivity contribution is 0.857. The number of benzene rings is 1. The van der Waals surface area contributed by atoms with Gasteiger partial charge in [0.1, 0.15) is 5.82 Å². The first kappa shape index (κ1) is 18.2. The maximum atomic E-state index is 12.5. The van der Waals surface area contributed by atoms with Gasteiger partial charge in [0.05, 0.1) is 6.04 Å². The van der Waals surface area contributed by atoms with E-state index in [1.165, 1.54) is 0 Å². The van der Waals surface area contributed by atoms with Crippen molar-refractivity contribution in [3.05, 3.63) is 87.6 Å². The minimum absolute atomic E-state index is 0.129. The molecule has 0 bridgehead atoms. The van der Waals surface area contributed by atoms with Gasteiger partial charge < -0.3 is 10.3 Å². The van der Waals surface area contributed by atoms with Gasteiger partial charge >= 0.3 is 0 Å². The van der Waals surface area contributed by atoms with Crippen LogP contribution in [0.2, 0.25) is 5.02 Å². The molecule has 28 heavy (non-hydrogen) atoms. The van der Waals surface area contributed by atoms with Crippen LogP contribution in [0.5, 0.6) is 0 Å². The number of hydrogen-bond donors (Lipinski definition) is 2. The summed E-state index contributed by atoms with van der Waals surface area (Å²) in [4.78, 5) is 24.0. The van der Waals surface area contributed by atoms with Gasteiger partial charge in [-0.15, -0.1) is 0 Å². The molecule has 0 saturated carbocycles. The predicted molar refractivity (Wildman–Crippen MR) is 114 cm³/mol. The van der Waals surface area contributed by atoms with Gasteiger partial charge in [-0.1, -0.05) is 11.6 Å². The zero-order chi connectivity index (χ0) is 19.7. The number of aryl methyl sites for hydroxylation is 1. The molecule has 4 aromatic rings. The van der Waals surface area contributed by atoms with Crippen molar-refractivity contribution in [3.63, 3.8) is 0 Å². The molecular weight excluding hydrogens is 372 g/mol. The molecule has 3 heterocycles. The second-order valence-electron chi connectivity index (χ2n) is 6.77. The number of rotatable bonds is 4. The summed E-state index contributed by atoms with van der Waals surface area (Å²) in [6, 6.07) is 13.0. The molecule has 1 atom stereocenters. The van der Waals surface area contributed by atoms with E-state index in [0.29, 0.717) is 16.4 Å². The molecule has 5 nitrogen and oxygen atoms in total. The molecule has 0 amide bonds. The van der Waals surface area contributed by atoms with Gasteiger partial charge in [-0.25, -0.2) is 4.98 Å². The Labute approximate surface area is 167 Å². The highest BCUT2D eigenvalue weighted by molar-refractivity contribution is 6.31. The van der Waals surface area contributed by atoms with Crippen LogP contribution < -0.4 is 10.9 Å². The monoisotopic (exact) mass is 390 g/mol. The Kier molecular flexibility index (Phi) is 4.84. The van der Waals surface area contributed by atoms with Crippen LogP contribution in [0.25, 0.3) is 22.0 Å². The normalized spacial score (nSPS) is 12.1. The number of halogens is 1. The number of aromatic amines is 1. The highest BCUT2D eigenvalue weighted by atomic mass is 35.5. The van der Waals surface area contributed by atoms with Crippen LogP contribution in [0.3, 0.4) is 0 Å². The Morgan fingerprint density at radius 2 is 1.96 bits per heavy atom. The molecule has 4 rings (SSSR count). The number of aromatic nitrogens is 3. The molecule has 0 aliphatic rings. The summed E-state index contributed by atoms with van der Waals surface area (Å²) in [5.41, 5.74) is 4.50. The summed E-state index contributed by atoms with van der Waals surface area (Å²) in [5.74, 6) is 0.701. The molecule has 140 valence electrons. The molecule has 1 aromatic carbocycles. The Morgan fingerprint density at radius 3 is 2.79 bits per heavy atom. The minimum atomic E-state index is -0.228. The van der Waals surface area contributed by atoms with Crippen molar-refractivity contribution in [2.24, 2.45) is 0 Å². The van der Waals surface area contributed by atoms with Crippen molar-refractivity contribution >= 4 is 28.3 Å². The second-order valence-corrected chi connectivity index (χ2v) is 7.21. The zero-order valence-electron chi connectivity index (χ0n) is 15.5. The largest absolute Gasteiger partial charge is 0.363 e. The van der Waals surface area contributed by atoms with E-state index in [9.17, 15) is 4.79 Å². The third-order valence-electron chi connectivity index (χ3n) is 4.76. The van der Waals surface area contributed by atoms with Crippen LogP contribution in [0.15, 0.2) is 65.8 Å². The Bertz CT molecular complexity index is 1220. The summed E-state index contributed by atoms with van der Waals surface area (Å²) in [7, 11) is 0.